The second-order valence-corrected chi connectivity index (χ2v) is 3.99. The van der Waals surface area contributed by atoms with E-state index < -0.39 is 11.9 Å². The summed E-state index contributed by atoms with van der Waals surface area (Å²) in [4.78, 5) is 0. The van der Waals surface area contributed by atoms with Crippen LogP contribution >= 0.6 is 0 Å². The Balaban J connectivity index is 2.46. The van der Waals surface area contributed by atoms with E-state index in [2.05, 4.69) is 5.32 Å². The maximum atomic E-state index is 13.8. The van der Waals surface area contributed by atoms with E-state index in [1.807, 2.05) is 0 Å². The maximum Gasteiger partial charge on any atom is 0.168 e. The normalized spacial score (nSPS) is 12.4. The van der Waals surface area contributed by atoms with Crippen LogP contribution in [0.15, 0.2) is 18.2 Å². The fourth-order valence-electron chi connectivity index (χ4n) is 1.64. The smallest absolute Gasteiger partial charge is 0.168 e. The van der Waals surface area contributed by atoms with E-state index >= 15 is 0 Å². The molecule has 18 heavy (non-hydrogen) atoms. The van der Waals surface area contributed by atoms with Crippen molar-refractivity contribution in [2.75, 3.05) is 33.9 Å². The van der Waals surface area contributed by atoms with Gasteiger partial charge in [-0.1, -0.05) is 12.1 Å². The fourth-order valence-corrected chi connectivity index (χ4v) is 1.64. The van der Waals surface area contributed by atoms with Crippen LogP contribution in [0.4, 0.5) is 4.39 Å². The van der Waals surface area contributed by atoms with Crippen molar-refractivity contribution < 1.29 is 19.0 Å². The van der Waals surface area contributed by atoms with Crippen LogP contribution in [0.3, 0.4) is 0 Å². The number of ether oxygens (including phenoxy) is 2. The van der Waals surface area contributed by atoms with Crippen molar-refractivity contribution in [3.8, 4) is 5.75 Å². The topological polar surface area (TPSA) is 50.7 Å². The molecule has 0 saturated carbocycles. The highest BCUT2D eigenvalue weighted by atomic mass is 19.1. The van der Waals surface area contributed by atoms with Crippen LogP contribution in [0.2, 0.25) is 0 Å². The van der Waals surface area contributed by atoms with E-state index in [-0.39, 0.29) is 12.2 Å². The number of methoxy groups -OCH3 is 2. The molecule has 2 N–H and O–H groups in total. The zero-order valence-corrected chi connectivity index (χ0v) is 10.8. The van der Waals surface area contributed by atoms with E-state index in [0.717, 1.165) is 0 Å². The van der Waals surface area contributed by atoms with Crippen LogP contribution in [0.5, 0.6) is 5.75 Å². The van der Waals surface area contributed by atoms with Gasteiger partial charge >= 0.3 is 0 Å². The molecule has 1 atom stereocenters. The molecular weight excluding hydrogens is 237 g/mol. The lowest BCUT2D eigenvalue weighted by Gasteiger charge is -2.13. The van der Waals surface area contributed by atoms with Crippen LogP contribution in [0.25, 0.3) is 0 Å². The minimum atomic E-state index is -0.636. The molecule has 5 heteroatoms. The molecule has 1 unspecified atom stereocenters. The molecule has 0 aromatic heterocycles. The summed E-state index contributed by atoms with van der Waals surface area (Å²) in [6, 6.07) is 4.92. The lowest BCUT2D eigenvalue weighted by atomic mass is 10.1. The largest absolute Gasteiger partial charge is 0.494 e. The first-order valence-corrected chi connectivity index (χ1v) is 5.88. The summed E-state index contributed by atoms with van der Waals surface area (Å²) >= 11 is 0. The number of halogens is 1. The quantitative estimate of drug-likeness (QED) is 0.681. The minimum Gasteiger partial charge on any atom is -0.494 e. The van der Waals surface area contributed by atoms with E-state index in [1.165, 1.54) is 7.11 Å². The van der Waals surface area contributed by atoms with Crippen molar-refractivity contribution in [2.45, 2.75) is 12.5 Å². The zero-order valence-electron chi connectivity index (χ0n) is 10.8. The summed E-state index contributed by atoms with van der Waals surface area (Å²) in [5.74, 6) is -0.206. The summed E-state index contributed by atoms with van der Waals surface area (Å²) < 4.78 is 23.6. The van der Waals surface area contributed by atoms with Crippen LogP contribution in [0.1, 0.15) is 5.56 Å². The van der Waals surface area contributed by atoms with Crippen LogP contribution in [-0.4, -0.2) is 45.1 Å². The average Bonchev–Trinajstić information content (AvgIpc) is 2.37. The van der Waals surface area contributed by atoms with Crippen LogP contribution in [0, 0.1) is 5.82 Å². The fraction of sp³-hybridized carbons (Fsp3) is 0.538. The minimum absolute atomic E-state index is 0.201. The third-order valence-electron chi connectivity index (χ3n) is 2.58. The van der Waals surface area contributed by atoms with Crippen molar-refractivity contribution in [2.24, 2.45) is 0 Å². The Labute approximate surface area is 107 Å². The molecule has 102 valence electrons. The van der Waals surface area contributed by atoms with Gasteiger partial charge in [0.15, 0.2) is 11.6 Å². The highest BCUT2D eigenvalue weighted by Crippen LogP contribution is 2.20. The van der Waals surface area contributed by atoms with E-state index in [4.69, 9.17) is 9.47 Å². The van der Waals surface area contributed by atoms with Gasteiger partial charge in [-0.3, -0.25) is 0 Å². The molecule has 0 amide bonds. The SMILES string of the molecule is COCCNCC(O)Cc1cccc(OC)c1F. The molecule has 0 heterocycles. The van der Waals surface area contributed by atoms with Crippen molar-refractivity contribution in [3.63, 3.8) is 0 Å². The Morgan fingerprint density at radius 2 is 2.17 bits per heavy atom. The van der Waals surface area contributed by atoms with Gasteiger partial charge in [0.25, 0.3) is 0 Å². The Hall–Kier alpha value is -1.17. The third-order valence-corrected chi connectivity index (χ3v) is 2.58. The Bertz CT molecular complexity index is 360. The summed E-state index contributed by atoms with van der Waals surface area (Å²) in [7, 11) is 3.04. The molecule has 0 radical (unpaired) electrons. The molecule has 0 aliphatic heterocycles. The van der Waals surface area contributed by atoms with E-state index in [9.17, 15) is 9.50 Å². The summed E-state index contributed by atoms with van der Waals surface area (Å²) in [5, 5.41) is 12.8. The lowest BCUT2D eigenvalue weighted by Crippen LogP contribution is -2.30. The number of aliphatic hydroxyl groups excluding tert-OH is 1. The lowest BCUT2D eigenvalue weighted by molar-refractivity contribution is 0.159. The van der Waals surface area contributed by atoms with Crippen LogP contribution < -0.4 is 10.1 Å². The molecular formula is C13H20FNO3. The Kier molecular flexibility index (Phi) is 6.64. The molecule has 0 bridgehead atoms. The van der Waals surface area contributed by atoms with Gasteiger partial charge in [-0.2, -0.15) is 0 Å². The Morgan fingerprint density at radius 1 is 1.39 bits per heavy atom. The van der Waals surface area contributed by atoms with Gasteiger partial charge in [-0.15, -0.1) is 0 Å². The standard InChI is InChI=1S/C13H20FNO3/c1-17-7-6-15-9-11(16)8-10-4-3-5-12(18-2)13(10)14/h3-5,11,15-16H,6-9H2,1-2H3. The van der Waals surface area contributed by atoms with Gasteiger partial charge in [0, 0.05) is 26.6 Å². The second-order valence-electron chi connectivity index (χ2n) is 3.99. The molecule has 1 aromatic carbocycles. The molecule has 4 nitrogen and oxygen atoms in total. The third kappa shape index (κ3) is 4.60. The number of hydrogen-bond acceptors (Lipinski definition) is 4. The predicted octanol–water partition coefficient (Wildman–Crippen LogP) is 0.974. The second kappa shape index (κ2) is 8.02. The van der Waals surface area contributed by atoms with Gasteiger partial charge in [0.2, 0.25) is 0 Å². The Morgan fingerprint density at radius 3 is 2.83 bits per heavy atom. The first-order valence-electron chi connectivity index (χ1n) is 5.88. The van der Waals surface area contributed by atoms with Gasteiger partial charge in [-0.25, -0.2) is 4.39 Å². The van der Waals surface area contributed by atoms with Gasteiger partial charge in [0.1, 0.15) is 0 Å². The summed E-state index contributed by atoms with van der Waals surface area (Å²) in [6.45, 7) is 1.65. The number of rotatable bonds is 8. The van der Waals surface area contributed by atoms with Gasteiger partial charge < -0.3 is 19.9 Å². The first-order chi connectivity index (χ1) is 8.69. The molecule has 0 aliphatic carbocycles. The highest BCUT2D eigenvalue weighted by molar-refractivity contribution is 5.31. The number of aliphatic hydroxyl groups is 1. The highest BCUT2D eigenvalue weighted by Gasteiger charge is 2.12. The molecule has 1 rings (SSSR count). The molecule has 1 aromatic rings. The number of benzene rings is 1. The zero-order chi connectivity index (χ0) is 13.4. The van der Waals surface area contributed by atoms with Crippen molar-refractivity contribution in [1.29, 1.82) is 0 Å². The van der Waals surface area contributed by atoms with Crippen molar-refractivity contribution >= 4 is 0 Å². The monoisotopic (exact) mass is 257 g/mol. The van der Waals surface area contributed by atoms with E-state index in [0.29, 0.717) is 25.3 Å². The maximum absolute atomic E-state index is 13.8. The predicted molar refractivity (Wildman–Crippen MR) is 67.4 cm³/mol. The van der Waals surface area contributed by atoms with Crippen LogP contribution in [-0.2, 0) is 11.2 Å². The van der Waals surface area contributed by atoms with Gasteiger partial charge in [-0.05, 0) is 11.6 Å². The molecule has 0 fully saturated rings. The molecule has 0 aliphatic rings. The summed E-state index contributed by atoms with van der Waals surface area (Å²) in [5.41, 5.74) is 0.454. The first kappa shape index (κ1) is 14.9. The molecule has 0 spiro atoms. The van der Waals surface area contributed by atoms with Gasteiger partial charge in [0.05, 0.1) is 19.8 Å². The van der Waals surface area contributed by atoms with Crippen molar-refractivity contribution in [1.82, 2.24) is 5.32 Å². The molecule has 0 saturated heterocycles. The number of nitrogens with one attached hydrogen (secondary N) is 1. The summed E-state index contributed by atoms with van der Waals surface area (Å²) in [6.07, 6.45) is -0.383. The van der Waals surface area contributed by atoms with Crippen molar-refractivity contribution in [3.05, 3.63) is 29.6 Å². The number of hydrogen-bond donors (Lipinski definition) is 2. The average molecular weight is 257 g/mol. The van der Waals surface area contributed by atoms with E-state index in [1.54, 1.807) is 25.3 Å².